The van der Waals surface area contributed by atoms with Crippen molar-refractivity contribution < 1.29 is 0 Å². The van der Waals surface area contributed by atoms with Crippen molar-refractivity contribution >= 4 is 63.6 Å². The van der Waals surface area contributed by atoms with Gasteiger partial charge in [-0.1, -0.05) is 115 Å². The highest BCUT2D eigenvalue weighted by atomic mass is 32.8. The molecule has 4 rings (SSSR count). The lowest BCUT2D eigenvalue weighted by molar-refractivity contribution is 1.53. The molecule has 0 aromatic heterocycles. The maximum atomic E-state index is 6.56. The first-order chi connectivity index (χ1) is 12.1. The number of hydrogen-bond donors (Lipinski definition) is 0. The van der Waals surface area contributed by atoms with Gasteiger partial charge in [-0.05, 0) is 24.1 Å². The zero-order valence-electron chi connectivity index (χ0n) is 13.9. The highest BCUT2D eigenvalue weighted by molar-refractivity contribution is 8.86. The summed E-state index contributed by atoms with van der Waals surface area (Å²) < 4.78 is 0. The summed E-state index contributed by atoms with van der Waals surface area (Å²) >= 11 is 13.1. The normalized spacial score (nSPS) is 27.8. The Morgan fingerprint density at radius 1 is 0.640 bits per heavy atom. The van der Waals surface area contributed by atoms with Gasteiger partial charge in [-0.15, -0.1) is 0 Å². The molecule has 5 heteroatoms. The second-order valence-corrected chi connectivity index (χ2v) is 24.0. The van der Waals surface area contributed by atoms with Gasteiger partial charge in [0.1, 0.15) is 0 Å². The highest BCUT2D eigenvalue weighted by Crippen LogP contribution is 2.95. The van der Waals surface area contributed by atoms with Gasteiger partial charge < -0.3 is 0 Å². The minimum absolute atomic E-state index is 0.461. The molecule has 1 aliphatic rings. The summed E-state index contributed by atoms with van der Waals surface area (Å²) in [5, 5.41) is 5.45. The van der Waals surface area contributed by atoms with Crippen LogP contribution in [-0.2, 0) is 23.6 Å². The van der Waals surface area contributed by atoms with E-state index in [0.717, 1.165) is 6.16 Å². The first kappa shape index (κ1) is 17.8. The van der Waals surface area contributed by atoms with Crippen LogP contribution in [-0.4, -0.2) is 6.16 Å². The molecule has 1 heterocycles. The molecule has 3 aromatic rings. The molecule has 0 fully saturated rings. The first-order valence-electron chi connectivity index (χ1n) is 8.33. The molecule has 0 saturated heterocycles. The van der Waals surface area contributed by atoms with Crippen molar-refractivity contribution in [3.05, 3.63) is 84.9 Å². The van der Waals surface area contributed by atoms with E-state index in [2.05, 4.69) is 91.9 Å². The predicted molar refractivity (Wildman–Crippen MR) is 124 cm³/mol. The molecule has 0 N–H and O–H groups in total. The van der Waals surface area contributed by atoms with Crippen LogP contribution in [0.3, 0.4) is 0 Å². The number of benzene rings is 3. The summed E-state index contributed by atoms with van der Waals surface area (Å²) in [5.41, 5.74) is -3.73. The van der Waals surface area contributed by atoms with E-state index in [-0.39, 0.29) is 0 Å². The van der Waals surface area contributed by atoms with Crippen LogP contribution in [0.15, 0.2) is 84.9 Å². The lowest BCUT2D eigenvalue weighted by Crippen LogP contribution is -2.23. The molecule has 0 aliphatic carbocycles. The van der Waals surface area contributed by atoms with Gasteiger partial charge in [-0.2, -0.15) is 0 Å². The maximum Gasteiger partial charge on any atom is 0.0377 e. The van der Waals surface area contributed by atoms with Gasteiger partial charge in [0.2, 0.25) is 0 Å². The maximum absolute atomic E-state index is 6.56. The fraction of sp³-hybridized carbons (Fsp3) is 0.100. The van der Waals surface area contributed by atoms with Gasteiger partial charge in [0, 0.05) is 22.1 Å². The largest absolute Gasteiger partial charge is 0.0824 e. The number of rotatable bonds is 3. The van der Waals surface area contributed by atoms with Crippen molar-refractivity contribution in [2.45, 2.75) is 6.92 Å². The molecule has 0 saturated carbocycles. The van der Waals surface area contributed by atoms with Crippen molar-refractivity contribution in [3.63, 3.8) is 0 Å². The Hall–Kier alpha value is -0.610. The summed E-state index contributed by atoms with van der Waals surface area (Å²) in [5.74, 6) is 0. The lowest BCUT2D eigenvalue weighted by atomic mass is 10.4. The average Bonchev–Trinajstić information content (AvgIpc) is 2.89. The van der Waals surface area contributed by atoms with E-state index < -0.39 is 18.8 Å². The number of hydrogen-bond acceptors (Lipinski definition) is 2. The Bertz CT molecular complexity index is 919. The van der Waals surface area contributed by atoms with Crippen molar-refractivity contribution in [2.24, 2.45) is 0 Å². The quantitative estimate of drug-likeness (QED) is 0.558. The van der Waals surface area contributed by atoms with Gasteiger partial charge in [0.15, 0.2) is 0 Å². The summed E-state index contributed by atoms with van der Waals surface area (Å²) in [6.45, 7) is 2.30. The fourth-order valence-corrected chi connectivity index (χ4v) is 36.7. The minimum atomic E-state index is -1.87. The van der Waals surface area contributed by atoms with Gasteiger partial charge in [0.05, 0.1) is 0 Å². The summed E-state index contributed by atoms with van der Waals surface area (Å²) in [4.78, 5) is 0. The zero-order chi connectivity index (χ0) is 17.5. The van der Waals surface area contributed by atoms with Gasteiger partial charge >= 0.3 is 0 Å². The van der Waals surface area contributed by atoms with Crippen molar-refractivity contribution in [2.75, 3.05) is 6.16 Å². The molecule has 0 bridgehead atoms. The second kappa shape index (κ2) is 6.84. The van der Waals surface area contributed by atoms with Crippen LogP contribution >= 0.6 is 18.8 Å². The first-order valence-corrected chi connectivity index (χ1v) is 16.9. The molecule has 1 unspecified atom stereocenters. The van der Waals surface area contributed by atoms with E-state index in [1.165, 1.54) is 21.2 Å². The van der Waals surface area contributed by atoms with Crippen molar-refractivity contribution in [3.8, 4) is 0 Å². The van der Waals surface area contributed by atoms with E-state index in [4.69, 9.17) is 23.6 Å². The van der Waals surface area contributed by atoms with Crippen molar-refractivity contribution in [1.29, 1.82) is 0 Å². The summed E-state index contributed by atoms with van der Waals surface area (Å²) in [6.07, 6.45) is 1.10. The Balaban J connectivity index is 2.07. The van der Waals surface area contributed by atoms with Crippen molar-refractivity contribution in [1.82, 2.24) is 0 Å². The smallest absolute Gasteiger partial charge is 0.0377 e. The summed E-state index contributed by atoms with van der Waals surface area (Å²) in [7, 11) is -0.461. The Morgan fingerprint density at radius 2 is 1.00 bits per heavy atom. The fourth-order valence-electron chi connectivity index (χ4n) is 3.61. The minimum Gasteiger partial charge on any atom is -0.0824 e. The molecule has 0 amide bonds. The Kier molecular flexibility index (Phi) is 4.87. The molecule has 126 valence electrons. The van der Waals surface area contributed by atoms with Gasteiger partial charge in [-0.3, -0.25) is 0 Å². The zero-order valence-corrected chi connectivity index (χ0v) is 18.3. The molecule has 3 aromatic carbocycles. The third kappa shape index (κ3) is 2.58. The average molecular weight is 416 g/mol. The van der Waals surface area contributed by atoms with Crippen LogP contribution in [0.25, 0.3) is 0 Å². The molecular formula is C20H19P3S2. The number of fused-ring (bicyclic) bond motifs is 1. The van der Waals surface area contributed by atoms with Crippen LogP contribution in [0.1, 0.15) is 6.92 Å². The van der Waals surface area contributed by atoms with E-state index in [1.807, 2.05) is 0 Å². The van der Waals surface area contributed by atoms with Gasteiger partial charge in [-0.25, -0.2) is 0 Å². The SMILES string of the molecule is CCP1[P@@](=S)(c2ccccc2)c2ccccc2[P@@]1(=S)c1ccccc1. The van der Waals surface area contributed by atoms with Crippen LogP contribution < -0.4 is 21.2 Å². The standard InChI is InChI=1S/C20H19P3S2/c1-2-21-22(24,17-11-5-3-6-12-17)19-15-9-10-16-20(19)23(21,25)18-13-7-4-8-14-18/h3-16H,2H2,1H3/t21?,22-,23+. The molecule has 0 radical (unpaired) electrons. The molecule has 25 heavy (non-hydrogen) atoms. The monoisotopic (exact) mass is 416 g/mol. The van der Waals surface area contributed by atoms with E-state index in [9.17, 15) is 0 Å². The molecule has 3 atom stereocenters. The second-order valence-electron chi connectivity index (χ2n) is 6.00. The van der Waals surface area contributed by atoms with E-state index in [1.54, 1.807) is 0 Å². The van der Waals surface area contributed by atoms with Gasteiger partial charge in [0.25, 0.3) is 0 Å². The van der Waals surface area contributed by atoms with Crippen LogP contribution in [0.2, 0.25) is 0 Å². The van der Waals surface area contributed by atoms with E-state index in [0.29, 0.717) is 0 Å². The molecule has 0 spiro atoms. The highest BCUT2D eigenvalue weighted by Gasteiger charge is 2.50. The van der Waals surface area contributed by atoms with Crippen LogP contribution in [0, 0.1) is 0 Å². The van der Waals surface area contributed by atoms with Crippen LogP contribution in [0.4, 0.5) is 0 Å². The Morgan fingerprint density at radius 3 is 1.36 bits per heavy atom. The predicted octanol–water partition coefficient (Wildman–Crippen LogP) is 4.89. The molecular weight excluding hydrogens is 397 g/mol. The molecule has 0 nitrogen and oxygen atoms in total. The lowest BCUT2D eigenvalue weighted by Gasteiger charge is -2.31. The summed E-state index contributed by atoms with van der Waals surface area (Å²) in [6, 6.07) is 30.4. The molecule has 1 aliphatic heterocycles. The topological polar surface area (TPSA) is 0 Å². The van der Waals surface area contributed by atoms with Crippen LogP contribution in [0.5, 0.6) is 0 Å². The Labute approximate surface area is 161 Å². The third-order valence-corrected chi connectivity index (χ3v) is 32.1. The van der Waals surface area contributed by atoms with E-state index >= 15 is 0 Å². The third-order valence-electron chi connectivity index (χ3n) is 4.68.